The summed E-state index contributed by atoms with van der Waals surface area (Å²) in [5, 5.41) is 6.61. The van der Waals surface area contributed by atoms with Crippen molar-refractivity contribution in [3.63, 3.8) is 0 Å². The first-order valence-corrected chi connectivity index (χ1v) is 25.9. The zero-order valence-electron chi connectivity index (χ0n) is 41.8. The Labute approximate surface area is 439 Å². The molecule has 76 heavy (non-hydrogen) atoms. The molecule has 0 radical (unpaired) electrons. The van der Waals surface area contributed by atoms with E-state index in [1.165, 1.54) is 22.3 Å². The lowest BCUT2D eigenvalue weighted by atomic mass is 9.82. The van der Waals surface area contributed by atoms with Crippen molar-refractivity contribution in [2.24, 2.45) is 0 Å². The summed E-state index contributed by atoms with van der Waals surface area (Å²) < 4.78 is 9.52. The third-order valence-electron chi connectivity index (χ3n) is 15.6. The molecule has 0 atom stereocenters. The maximum Gasteiger partial charge on any atom is 0.238 e. The summed E-state index contributed by atoms with van der Waals surface area (Å²) >= 11 is 0. The SMILES string of the molecule is CC1(C)c2ccccc2-c2cc3c4cc(-c5cccc6c5oc5c(N(c7ccccc7)c7cccc(-c8ccccc8)c7)cccc56)ccc4n(-c4nc(-c5ccccc5)nc(-c5ccc6ccccc6c5)n4)c3cc21. The Morgan fingerprint density at radius 2 is 0.987 bits per heavy atom. The first kappa shape index (κ1) is 43.7. The number of hydrogen-bond donors (Lipinski definition) is 0. The third-order valence-corrected chi connectivity index (χ3v) is 15.6. The van der Waals surface area contributed by atoms with Gasteiger partial charge in [0, 0.05) is 55.0 Å². The zero-order valence-corrected chi connectivity index (χ0v) is 41.8. The van der Waals surface area contributed by atoms with Gasteiger partial charge in [0.1, 0.15) is 5.58 Å². The van der Waals surface area contributed by atoms with Gasteiger partial charge in [-0.25, -0.2) is 4.98 Å². The normalized spacial score (nSPS) is 12.7. The molecule has 15 rings (SSSR count). The van der Waals surface area contributed by atoms with Crippen LogP contribution in [0.3, 0.4) is 0 Å². The van der Waals surface area contributed by atoms with Gasteiger partial charge >= 0.3 is 0 Å². The van der Waals surface area contributed by atoms with Gasteiger partial charge in [-0.3, -0.25) is 4.57 Å². The van der Waals surface area contributed by atoms with Crippen LogP contribution in [0.25, 0.3) is 117 Å². The van der Waals surface area contributed by atoms with Crippen molar-refractivity contribution in [1.29, 1.82) is 0 Å². The van der Waals surface area contributed by atoms with Gasteiger partial charge in [-0.2, -0.15) is 9.97 Å². The quantitative estimate of drug-likeness (QED) is 0.152. The minimum Gasteiger partial charge on any atom is -0.453 e. The van der Waals surface area contributed by atoms with E-state index in [-0.39, 0.29) is 5.41 Å². The average Bonchev–Trinajstić information content (AvgIpc) is 4.12. The molecule has 0 fully saturated rings. The molecular weight excluding hydrogens is 927 g/mol. The largest absolute Gasteiger partial charge is 0.453 e. The van der Waals surface area contributed by atoms with Crippen molar-refractivity contribution in [3.05, 3.63) is 260 Å². The van der Waals surface area contributed by atoms with Crippen molar-refractivity contribution >= 4 is 71.6 Å². The molecule has 11 aromatic carbocycles. The van der Waals surface area contributed by atoms with Gasteiger partial charge in [0.2, 0.25) is 5.95 Å². The topological polar surface area (TPSA) is 60.0 Å². The van der Waals surface area contributed by atoms with Gasteiger partial charge in [-0.05, 0) is 110 Å². The highest BCUT2D eigenvalue weighted by Gasteiger charge is 2.36. The molecule has 0 N–H and O–H groups in total. The Hall–Kier alpha value is -9.91. The molecule has 1 aliphatic carbocycles. The van der Waals surface area contributed by atoms with E-state index in [0.717, 1.165) is 105 Å². The Morgan fingerprint density at radius 1 is 0.368 bits per heavy atom. The number of fused-ring (bicyclic) bond motifs is 10. The van der Waals surface area contributed by atoms with Crippen molar-refractivity contribution in [2.45, 2.75) is 19.3 Å². The van der Waals surface area contributed by atoms with Crippen molar-refractivity contribution in [2.75, 3.05) is 4.90 Å². The smallest absolute Gasteiger partial charge is 0.238 e. The van der Waals surface area contributed by atoms with Crippen molar-refractivity contribution < 1.29 is 4.42 Å². The number of anilines is 3. The summed E-state index contributed by atoms with van der Waals surface area (Å²) in [6.45, 7) is 4.67. The number of benzene rings is 11. The second kappa shape index (κ2) is 17.1. The second-order valence-electron chi connectivity index (χ2n) is 20.4. The number of nitrogens with zero attached hydrogens (tertiary/aromatic N) is 5. The van der Waals surface area contributed by atoms with Crippen LogP contribution in [0.15, 0.2) is 253 Å². The molecule has 0 amide bonds. The number of rotatable bonds is 8. The van der Waals surface area contributed by atoms with E-state index in [2.05, 4.69) is 254 Å². The molecule has 6 heteroatoms. The van der Waals surface area contributed by atoms with E-state index in [9.17, 15) is 0 Å². The van der Waals surface area contributed by atoms with Gasteiger partial charge in [-0.1, -0.05) is 202 Å². The van der Waals surface area contributed by atoms with Crippen LogP contribution in [0.2, 0.25) is 0 Å². The lowest BCUT2D eigenvalue weighted by molar-refractivity contribution is 0.661. The summed E-state index contributed by atoms with van der Waals surface area (Å²) in [5.74, 6) is 1.78. The Balaban J connectivity index is 0.948. The fourth-order valence-corrected chi connectivity index (χ4v) is 11.9. The van der Waals surface area contributed by atoms with Crippen LogP contribution in [-0.4, -0.2) is 19.5 Å². The van der Waals surface area contributed by atoms with E-state index >= 15 is 0 Å². The van der Waals surface area contributed by atoms with Crippen LogP contribution in [0.1, 0.15) is 25.0 Å². The van der Waals surface area contributed by atoms with Gasteiger partial charge in [0.05, 0.1) is 16.7 Å². The van der Waals surface area contributed by atoms with E-state index in [1.807, 2.05) is 18.2 Å². The number of para-hydroxylation sites is 3. The van der Waals surface area contributed by atoms with Crippen LogP contribution in [0.5, 0.6) is 0 Å². The number of furan rings is 1. The molecule has 14 aromatic rings. The summed E-state index contributed by atoms with van der Waals surface area (Å²) in [5.41, 5.74) is 17.8. The average molecular weight is 974 g/mol. The molecule has 0 saturated heterocycles. The molecule has 0 spiro atoms. The predicted molar refractivity (Wildman–Crippen MR) is 313 cm³/mol. The minimum atomic E-state index is -0.228. The summed E-state index contributed by atoms with van der Waals surface area (Å²) in [4.78, 5) is 18.2. The minimum absolute atomic E-state index is 0.228. The van der Waals surface area contributed by atoms with Crippen molar-refractivity contribution in [1.82, 2.24) is 19.5 Å². The Morgan fingerprint density at radius 3 is 1.80 bits per heavy atom. The molecule has 0 unspecified atom stereocenters. The highest BCUT2D eigenvalue weighted by molar-refractivity contribution is 6.16. The lowest BCUT2D eigenvalue weighted by Gasteiger charge is -2.26. The molecule has 3 heterocycles. The molecule has 0 saturated carbocycles. The van der Waals surface area contributed by atoms with Gasteiger partial charge in [-0.15, -0.1) is 0 Å². The zero-order chi connectivity index (χ0) is 50.5. The van der Waals surface area contributed by atoms with Crippen LogP contribution in [-0.2, 0) is 5.41 Å². The maximum absolute atomic E-state index is 7.27. The molecule has 6 nitrogen and oxygen atoms in total. The Bertz CT molecular complexity index is 4610. The summed E-state index contributed by atoms with van der Waals surface area (Å²) in [6, 6.07) is 88.4. The number of hydrogen-bond acceptors (Lipinski definition) is 5. The predicted octanol–water partition coefficient (Wildman–Crippen LogP) is 18.5. The highest BCUT2D eigenvalue weighted by atomic mass is 16.3. The first-order chi connectivity index (χ1) is 37.4. The van der Waals surface area contributed by atoms with E-state index in [4.69, 9.17) is 19.4 Å². The maximum atomic E-state index is 7.27. The van der Waals surface area contributed by atoms with Crippen LogP contribution in [0, 0.1) is 0 Å². The fourth-order valence-electron chi connectivity index (χ4n) is 11.9. The van der Waals surface area contributed by atoms with E-state index in [1.54, 1.807) is 0 Å². The van der Waals surface area contributed by atoms with Gasteiger partial charge in [0.25, 0.3) is 0 Å². The molecular formula is C70H47N5O. The summed E-state index contributed by atoms with van der Waals surface area (Å²) in [7, 11) is 0. The van der Waals surface area contributed by atoms with Crippen LogP contribution < -0.4 is 4.90 Å². The fraction of sp³-hybridized carbons (Fsp3) is 0.0429. The number of aromatic nitrogens is 4. The highest BCUT2D eigenvalue weighted by Crippen LogP contribution is 2.52. The molecule has 3 aromatic heterocycles. The van der Waals surface area contributed by atoms with Gasteiger partial charge < -0.3 is 9.32 Å². The van der Waals surface area contributed by atoms with E-state index in [0.29, 0.717) is 17.6 Å². The standard InChI is InChI=1S/C70H47N5O/c1-70(2)60-33-15-14-29-54(60)57-42-59-58-41-49(37-38-62(58)75(64(59)43-61(57)70)69-72-67(46-22-8-4-9-23-46)71-68(73-69)50-36-35-45-21-12-13-24-47(45)39-50)53-30-17-31-55-56-32-18-34-63(66(56)76-65(53)55)74(51-26-10-5-11-27-51)52-28-16-25-48(40-52)44-19-6-3-7-20-44/h3-43H,1-2H3. The monoisotopic (exact) mass is 973 g/mol. The second-order valence-corrected chi connectivity index (χ2v) is 20.4. The Kier molecular flexibility index (Phi) is 9.81. The first-order valence-electron chi connectivity index (χ1n) is 25.9. The molecule has 0 aliphatic heterocycles. The van der Waals surface area contributed by atoms with Crippen LogP contribution in [0.4, 0.5) is 17.1 Å². The lowest BCUT2D eigenvalue weighted by Crippen LogP contribution is -2.15. The molecule has 358 valence electrons. The summed E-state index contributed by atoms with van der Waals surface area (Å²) in [6.07, 6.45) is 0. The van der Waals surface area contributed by atoms with Crippen molar-refractivity contribution in [3.8, 4) is 62.1 Å². The van der Waals surface area contributed by atoms with Gasteiger partial charge in [0.15, 0.2) is 17.2 Å². The molecule has 1 aliphatic rings. The third kappa shape index (κ3) is 6.91. The van der Waals surface area contributed by atoms with Crippen LogP contribution >= 0.6 is 0 Å². The van der Waals surface area contributed by atoms with E-state index < -0.39 is 0 Å². The molecule has 0 bridgehead atoms.